The van der Waals surface area contributed by atoms with E-state index in [1.54, 1.807) is 23.7 Å². The van der Waals surface area contributed by atoms with E-state index in [-0.39, 0.29) is 0 Å². The molecule has 0 unspecified atom stereocenters. The van der Waals surface area contributed by atoms with Crippen LogP contribution in [0.15, 0.2) is 29.8 Å². The topological polar surface area (TPSA) is 77.0 Å². The van der Waals surface area contributed by atoms with Gasteiger partial charge >= 0.3 is 0 Å². The molecule has 0 radical (unpaired) electrons. The molecular weight excluding hydrogens is 252 g/mol. The molecule has 0 saturated carbocycles. The molecule has 0 aliphatic heterocycles. The molecule has 7 heteroatoms. The van der Waals surface area contributed by atoms with E-state index in [0.29, 0.717) is 32.3 Å². The summed E-state index contributed by atoms with van der Waals surface area (Å²) in [7, 11) is 0. The number of imidazole rings is 1. The zero-order valence-corrected chi connectivity index (χ0v) is 9.96. The summed E-state index contributed by atoms with van der Waals surface area (Å²) in [6.45, 7) is 3.26. The van der Waals surface area contributed by atoms with Crippen molar-refractivity contribution >= 4 is 34.8 Å². The van der Waals surface area contributed by atoms with Crippen molar-refractivity contribution in [2.24, 2.45) is 0 Å². The molecule has 0 bridgehead atoms. The number of hydrogen-bond donors (Lipinski definition) is 1. The van der Waals surface area contributed by atoms with Crippen LogP contribution < -0.4 is 0 Å². The number of hydrogen-bond acceptors (Lipinski definition) is 5. The zero-order valence-electron chi connectivity index (χ0n) is 9.15. The molecule has 3 rings (SSSR count). The van der Waals surface area contributed by atoms with Crippen LogP contribution in [0.2, 0.25) is 0 Å². The second kappa shape index (κ2) is 3.81. The van der Waals surface area contributed by atoms with Crippen LogP contribution in [0, 0.1) is 5.21 Å². The lowest BCUT2D eigenvalue weighted by molar-refractivity contribution is -0.349. The standard InChI is InChI=1S/C11H8N4O2S/c1-14(16)7-2-3-8-9(6-7)15(17)10(13-8)11-12-4-5-18-11/h2-6,17H,1H2. The van der Waals surface area contributed by atoms with Crippen molar-refractivity contribution in [3.05, 3.63) is 35.0 Å². The summed E-state index contributed by atoms with van der Waals surface area (Å²) in [5.41, 5.74) is 1.39. The molecule has 0 atom stereocenters. The van der Waals surface area contributed by atoms with Crippen molar-refractivity contribution in [3.8, 4) is 10.8 Å². The van der Waals surface area contributed by atoms with Gasteiger partial charge in [-0.05, 0) is 6.07 Å². The quantitative estimate of drug-likeness (QED) is 0.252. The number of rotatable bonds is 2. The molecule has 18 heavy (non-hydrogen) atoms. The average molecular weight is 260 g/mol. The highest BCUT2D eigenvalue weighted by Crippen LogP contribution is 2.27. The van der Waals surface area contributed by atoms with E-state index in [4.69, 9.17) is 0 Å². The predicted octanol–water partition coefficient (Wildman–Crippen LogP) is 2.24. The minimum absolute atomic E-state index is 0.350. The number of nitrogens with zero attached hydrogens (tertiary/aromatic N) is 4. The van der Waals surface area contributed by atoms with Crippen molar-refractivity contribution in [1.29, 1.82) is 0 Å². The number of thiazole rings is 1. The third kappa shape index (κ3) is 1.52. The molecular formula is C11H8N4O2S. The monoisotopic (exact) mass is 260 g/mol. The number of benzene rings is 1. The summed E-state index contributed by atoms with van der Waals surface area (Å²) in [6, 6.07) is 4.78. The summed E-state index contributed by atoms with van der Waals surface area (Å²) < 4.78 is 1.41. The normalized spacial score (nSPS) is 10.9. The fraction of sp³-hybridized carbons (Fsp3) is 0. The van der Waals surface area contributed by atoms with E-state index < -0.39 is 0 Å². The molecule has 1 N–H and O–H groups in total. The Hall–Kier alpha value is -2.41. The lowest BCUT2D eigenvalue weighted by Crippen LogP contribution is -1.94. The minimum atomic E-state index is 0.350. The maximum Gasteiger partial charge on any atom is 0.218 e. The third-order valence-corrected chi connectivity index (χ3v) is 3.29. The Labute approximate surface area is 106 Å². The van der Waals surface area contributed by atoms with Crippen molar-refractivity contribution in [1.82, 2.24) is 14.7 Å². The molecule has 90 valence electrons. The van der Waals surface area contributed by atoms with Gasteiger partial charge in [-0.15, -0.1) is 11.3 Å². The molecule has 0 amide bonds. The summed E-state index contributed by atoms with van der Waals surface area (Å²) in [4.78, 5) is 8.37. The van der Waals surface area contributed by atoms with Crippen LogP contribution in [-0.2, 0) is 0 Å². The fourth-order valence-corrected chi connectivity index (χ4v) is 2.29. The molecule has 6 nitrogen and oxygen atoms in total. The summed E-state index contributed by atoms with van der Waals surface area (Å²) >= 11 is 1.38. The maximum atomic E-state index is 11.1. The average Bonchev–Trinajstić information content (AvgIpc) is 2.97. The van der Waals surface area contributed by atoms with Crippen LogP contribution in [0.1, 0.15) is 0 Å². The highest BCUT2D eigenvalue weighted by atomic mass is 32.1. The van der Waals surface area contributed by atoms with Gasteiger partial charge in [0, 0.05) is 23.7 Å². The van der Waals surface area contributed by atoms with Crippen LogP contribution in [0.25, 0.3) is 21.9 Å². The van der Waals surface area contributed by atoms with Gasteiger partial charge in [0.15, 0.2) is 5.01 Å². The van der Waals surface area contributed by atoms with E-state index in [1.807, 2.05) is 0 Å². The van der Waals surface area contributed by atoms with Crippen LogP contribution in [-0.4, -0.2) is 31.4 Å². The Morgan fingerprint density at radius 1 is 1.44 bits per heavy atom. The SMILES string of the molecule is C=[N+]([O-])c1ccc2nc(-c3nccs3)n(O)c2c1. The van der Waals surface area contributed by atoms with Gasteiger partial charge in [0.2, 0.25) is 11.5 Å². The number of fused-ring (bicyclic) bond motifs is 1. The summed E-state index contributed by atoms with van der Waals surface area (Å²) in [5.74, 6) is 0.360. The first-order valence-corrected chi connectivity index (χ1v) is 5.94. The van der Waals surface area contributed by atoms with E-state index in [0.717, 1.165) is 4.73 Å². The highest BCUT2D eigenvalue weighted by Gasteiger charge is 2.15. The second-order valence-corrected chi connectivity index (χ2v) is 4.53. The Morgan fingerprint density at radius 2 is 2.28 bits per heavy atom. The Kier molecular flexibility index (Phi) is 2.27. The predicted molar refractivity (Wildman–Crippen MR) is 68.4 cm³/mol. The van der Waals surface area contributed by atoms with E-state index in [1.165, 1.54) is 17.4 Å². The van der Waals surface area contributed by atoms with Crippen LogP contribution in [0.4, 0.5) is 5.69 Å². The van der Waals surface area contributed by atoms with Crippen molar-refractivity contribution in [2.75, 3.05) is 0 Å². The van der Waals surface area contributed by atoms with Crippen LogP contribution >= 0.6 is 11.3 Å². The molecule has 0 spiro atoms. The lowest BCUT2D eigenvalue weighted by atomic mass is 10.3. The van der Waals surface area contributed by atoms with Crippen LogP contribution in [0.5, 0.6) is 0 Å². The Bertz CT molecular complexity index is 733. The second-order valence-electron chi connectivity index (χ2n) is 3.64. The first-order valence-electron chi connectivity index (χ1n) is 5.06. The summed E-state index contributed by atoms with van der Waals surface area (Å²) in [6.07, 6.45) is 1.64. The molecule has 1 aromatic carbocycles. The lowest BCUT2D eigenvalue weighted by Gasteiger charge is -2.00. The Morgan fingerprint density at radius 3 is 2.94 bits per heavy atom. The van der Waals surface area contributed by atoms with E-state index >= 15 is 0 Å². The molecule has 0 fully saturated rings. The first kappa shape index (κ1) is 10.7. The summed E-state index contributed by atoms with van der Waals surface area (Å²) in [5, 5.41) is 23.6. The van der Waals surface area contributed by atoms with Gasteiger partial charge < -0.3 is 10.4 Å². The molecule has 3 aromatic rings. The maximum absolute atomic E-state index is 11.1. The van der Waals surface area contributed by atoms with Crippen LogP contribution in [0.3, 0.4) is 0 Å². The van der Waals surface area contributed by atoms with E-state index in [2.05, 4.69) is 16.7 Å². The number of aromatic nitrogens is 3. The highest BCUT2D eigenvalue weighted by molar-refractivity contribution is 7.13. The van der Waals surface area contributed by atoms with Gasteiger partial charge in [-0.2, -0.15) is 9.47 Å². The van der Waals surface area contributed by atoms with Gasteiger partial charge in [-0.25, -0.2) is 9.97 Å². The minimum Gasteiger partial charge on any atom is -0.619 e. The van der Waals surface area contributed by atoms with Crippen molar-refractivity contribution in [3.63, 3.8) is 0 Å². The van der Waals surface area contributed by atoms with Crippen molar-refractivity contribution < 1.29 is 9.95 Å². The first-order chi connectivity index (χ1) is 8.66. The van der Waals surface area contributed by atoms with Gasteiger partial charge in [0.25, 0.3) is 0 Å². The molecule has 2 heterocycles. The largest absolute Gasteiger partial charge is 0.619 e. The molecule has 0 aliphatic carbocycles. The Balaban J connectivity index is 2.25. The molecule has 2 aromatic heterocycles. The van der Waals surface area contributed by atoms with Crippen molar-refractivity contribution in [2.45, 2.75) is 0 Å². The van der Waals surface area contributed by atoms with Gasteiger partial charge in [0.1, 0.15) is 12.2 Å². The van der Waals surface area contributed by atoms with E-state index in [9.17, 15) is 10.4 Å². The van der Waals surface area contributed by atoms with Gasteiger partial charge in [-0.3, -0.25) is 0 Å². The van der Waals surface area contributed by atoms with Gasteiger partial charge in [-0.1, -0.05) is 0 Å². The zero-order chi connectivity index (χ0) is 12.7. The van der Waals surface area contributed by atoms with Gasteiger partial charge in [0.05, 0.1) is 5.52 Å². The third-order valence-electron chi connectivity index (χ3n) is 2.53. The molecule has 0 saturated heterocycles. The molecule has 0 aliphatic rings. The smallest absolute Gasteiger partial charge is 0.218 e. The fourth-order valence-electron chi connectivity index (χ4n) is 1.68.